The lowest BCUT2D eigenvalue weighted by molar-refractivity contribution is -0.655. The van der Waals surface area contributed by atoms with Crippen molar-refractivity contribution in [1.29, 1.82) is 0 Å². The van der Waals surface area contributed by atoms with E-state index in [4.69, 9.17) is 9.29 Å². The normalized spacial score (nSPS) is 11.0. The quantitative estimate of drug-likeness (QED) is 0.545. The number of imidazole rings is 1. The van der Waals surface area contributed by atoms with Crippen LogP contribution in [-0.4, -0.2) is 28.9 Å². The fraction of sp³-hybridized carbons (Fsp3) is 0.235. The molecule has 0 aliphatic rings. The van der Waals surface area contributed by atoms with Gasteiger partial charge in [0.2, 0.25) is 0 Å². The van der Waals surface area contributed by atoms with Crippen molar-refractivity contribution in [3.05, 3.63) is 54.4 Å². The molecule has 0 amide bonds. The van der Waals surface area contributed by atoms with Gasteiger partial charge < -0.3 is 9.84 Å². The van der Waals surface area contributed by atoms with Crippen molar-refractivity contribution in [2.45, 2.75) is 6.61 Å². The monoisotopic (exact) mass is 365 g/mol. The Hall–Kier alpha value is -2.58. The summed E-state index contributed by atoms with van der Waals surface area (Å²) in [5.41, 5.74) is 2.32. The number of aromatic nitrogens is 2. The van der Waals surface area contributed by atoms with Gasteiger partial charge in [0.05, 0.1) is 20.4 Å². The molecule has 2 N–H and O–H groups in total. The number of phenols is 1. The Labute approximate surface area is 146 Å². The number of fused-ring (bicyclic) bond motifs is 1. The predicted molar refractivity (Wildman–Crippen MR) is 94.0 cm³/mol. The number of ether oxygens (including phenoxy) is 1. The summed E-state index contributed by atoms with van der Waals surface area (Å²) >= 11 is 0. The van der Waals surface area contributed by atoms with E-state index in [0.29, 0.717) is 18.6 Å². The highest BCUT2D eigenvalue weighted by atomic mass is 32.2. The lowest BCUT2D eigenvalue weighted by Crippen LogP contribution is -2.33. The molecule has 134 valence electrons. The minimum atomic E-state index is -3.67. The molecule has 2 aromatic carbocycles. The van der Waals surface area contributed by atoms with Crippen molar-refractivity contribution in [2.24, 2.45) is 14.1 Å². The molecule has 3 aromatic rings. The zero-order chi connectivity index (χ0) is 18.6. The number of benzene rings is 2. The highest BCUT2D eigenvalue weighted by Gasteiger charge is 2.20. The molecular weight excluding hydrogens is 344 g/mol. The largest absolute Gasteiger partial charge is 0.504 e. The number of nitrogens with zero attached hydrogens (tertiary/aromatic N) is 2. The Morgan fingerprint density at radius 3 is 2.28 bits per heavy atom. The van der Waals surface area contributed by atoms with Gasteiger partial charge in [0.1, 0.15) is 0 Å². The molecule has 0 atom stereocenters. The summed E-state index contributed by atoms with van der Waals surface area (Å²) < 4.78 is 35.8. The molecule has 0 unspecified atom stereocenters. The van der Waals surface area contributed by atoms with E-state index in [1.54, 1.807) is 18.2 Å². The van der Waals surface area contributed by atoms with Gasteiger partial charge in [-0.05, 0) is 24.3 Å². The predicted octanol–water partition coefficient (Wildman–Crippen LogP) is 1.79. The van der Waals surface area contributed by atoms with E-state index in [1.807, 2.05) is 32.3 Å². The van der Waals surface area contributed by atoms with Crippen LogP contribution >= 0.6 is 0 Å². The second kappa shape index (κ2) is 7.54. The first kappa shape index (κ1) is 18.8. The molecule has 8 heteroatoms. The summed E-state index contributed by atoms with van der Waals surface area (Å²) in [7, 11) is 0.373. The van der Waals surface area contributed by atoms with Gasteiger partial charge in [0.25, 0.3) is 15.9 Å². The Kier molecular flexibility index (Phi) is 5.66. The van der Waals surface area contributed by atoms with Crippen LogP contribution in [0, 0.1) is 0 Å². The molecule has 25 heavy (non-hydrogen) atoms. The molecule has 0 bridgehead atoms. The summed E-state index contributed by atoms with van der Waals surface area (Å²) in [6.07, 6.45) is 0.715. The van der Waals surface area contributed by atoms with Gasteiger partial charge in [0.15, 0.2) is 29.1 Å². The topological polar surface area (TPSA) is 92.6 Å². The third kappa shape index (κ3) is 4.94. The third-order valence-electron chi connectivity index (χ3n) is 3.60. The average molecular weight is 365 g/mol. The van der Waals surface area contributed by atoms with Crippen LogP contribution in [0.15, 0.2) is 48.5 Å². The van der Waals surface area contributed by atoms with Crippen LogP contribution in [0.1, 0.15) is 5.82 Å². The summed E-state index contributed by atoms with van der Waals surface area (Å²) in [4.78, 5) is 0. The van der Waals surface area contributed by atoms with Crippen molar-refractivity contribution in [3.63, 3.8) is 0 Å². The maximum Gasteiger partial charge on any atom is 0.295 e. The first-order valence-electron chi connectivity index (χ1n) is 7.44. The van der Waals surface area contributed by atoms with Gasteiger partial charge >= 0.3 is 0 Å². The fourth-order valence-corrected chi connectivity index (χ4v) is 2.45. The number of para-hydroxylation sites is 4. The molecule has 0 radical (unpaired) electrons. The van der Waals surface area contributed by atoms with E-state index in [1.165, 1.54) is 0 Å². The highest BCUT2D eigenvalue weighted by Crippen LogP contribution is 2.25. The third-order valence-corrected chi connectivity index (χ3v) is 3.60. The summed E-state index contributed by atoms with van der Waals surface area (Å²) in [5, 5.41) is 9.73. The zero-order valence-electron chi connectivity index (χ0n) is 14.2. The summed E-state index contributed by atoms with van der Waals surface area (Å²) in [6.45, 7) is 0.402. The molecule has 0 aliphatic heterocycles. The molecule has 1 heterocycles. The second-order valence-electron chi connectivity index (χ2n) is 5.51. The number of hydrogen-bond acceptors (Lipinski definition) is 4. The maximum atomic E-state index is 9.73. The van der Waals surface area contributed by atoms with Crippen molar-refractivity contribution in [1.82, 2.24) is 4.57 Å². The van der Waals surface area contributed by atoms with Crippen molar-refractivity contribution < 1.29 is 27.4 Å². The van der Waals surface area contributed by atoms with Crippen LogP contribution in [0.2, 0.25) is 0 Å². The van der Waals surface area contributed by atoms with Crippen LogP contribution in [0.4, 0.5) is 0 Å². The van der Waals surface area contributed by atoms with Gasteiger partial charge in [0, 0.05) is 0 Å². The van der Waals surface area contributed by atoms with Crippen LogP contribution in [-0.2, 0) is 30.8 Å². The Balaban J connectivity index is 0.000000399. The molecular formula is C17H21N2O5S+. The van der Waals surface area contributed by atoms with Gasteiger partial charge in [-0.3, -0.25) is 4.55 Å². The number of aromatic hydroxyl groups is 1. The van der Waals surface area contributed by atoms with E-state index >= 15 is 0 Å². The number of rotatable bonds is 3. The average Bonchev–Trinajstić information content (AvgIpc) is 2.77. The Morgan fingerprint density at radius 1 is 1.12 bits per heavy atom. The Bertz CT molecular complexity index is 933. The second-order valence-corrected chi connectivity index (χ2v) is 6.98. The van der Waals surface area contributed by atoms with E-state index in [2.05, 4.69) is 21.3 Å². The minimum absolute atomic E-state index is 0.161. The van der Waals surface area contributed by atoms with E-state index in [0.717, 1.165) is 16.9 Å². The van der Waals surface area contributed by atoms with Crippen LogP contribution in [0.5, 0.6) is 11.5 Å². The van der Waals surface area contributed by atoms with Crippen molar-refractivity contribution >= 4 is 21.2 Å². The fourth-order valence-electron chi connectivity index (χ4n) is 2.45. The highest BCUT2D eigenvalue weighted by molar-refractivity contribution is 7.85. The summed E-state index contributed by atoms with van der Waals surface area (Å²) in [5.74, 6) is 1.70. The SMILES string of the molecule is CS(=O)(=O)O.Cn1c(COc2ccccc2O)[n+](C)c2ccccc21. The van der Waals surface area contributed by atoms with Crippen LogP contribution in [0.3, 0.4) is 0 Å². The molecule has 0 aliphatic carbocycles. The molecule has 0 fully saturated rings. The smallest absolute Gasteiger partial charge is 0.295 e. The van der Waals surface area contributed by atoms with Crippen LogP contribution in [0.25, 0.3) is 11.0 Å². The van der Waals surface area contributed by atoms with Crippen molar-refractivity contribution in [2.75, 3.05) is 6.26 Å². The first-order valence-corrected chi connectivity index (χ1v) is 9.29. The van der Waals surface area contributed by atoms with Crippen LogP contribution < -0.4 is 9.30 Å². The van der Waals surface area contributed by atoms with E-state index < -0.39 is 10.1 Å². The van der Waals surface area contributed by atoms with Gasteiger partial charge in [-0.15, -0.1) is 0 Å². The summed E-state index contributed by atoms with van der Waals surface area (Å²) in [6, 6.07) is 15.2. The van der Waals surface area contributed by atoms with E-state index in [9.17, 15) is 13.5 Å². The zero-order valence-corrected chi connectivity index (χ0v) is 15.1. The molecule has 0 saturated carbocycles. The molecule has 3 rings (SSSR count). The minimum Gasteiger partial charge on any atom is -0.504 e. The van der Waals surface area contributed by atoms with Gasteiger partial charge in [-0.1, -0.05) is 24.3 Å². The number of aryl methyl sites for hydroxylation is 2. The molecule has 0 spiro atoms. The maximum absolute atomic E-state index is 9.73. The Morgan fingerprint density at radius 2 is 1.68 bits per heavy atom. The first-order chi connectivity index (χ1) is 11.7. The lowest BCUT2D eigenvalue weighted by atomic mass is 10.3. The van der Waals surface area contributed by atoms with Gasteiger partial charge in [-0.25, -0.2) is 9.13 Å². The standard InChI is InChI=1S/C16H16N2O2.CH4O3S/c1-17-12-7-3-4-8-13(12)18(2)16(17)11-20-15-10-6-5-9-14(15)19;1-5(2,3)4/h3-10H,11H2,1-2H3;1H3,(H,2,3,4)/p+1. The number of hydrogen-bond donors (Lipinski definition) is 2. The lowest BCUT2D eigenvalue weighted by Gasteiger charge is -2.06. The molecule has 7 nitrogen and oxygen atoms in total. The van der Waals surface area contributed by atoms with Crippen molar-refractivity contribution in [3.8, 4) is 11.5 Å². The molecule has 0 saturated heterocycles. The van der Waals surface area contributed by atoms with Gasteiger partial charge in [-0.2, -0.15) is 8.42 Å². The molecule has 1 aromatic heterocycles. The van der Waals surface area contributed by atoms with E-state index in [-0.39, 0.29) is 5.75 Å². The number of phenolic OH excluding ortho intramolecular Hbond substituents is 1.